The van der Waals surface area contributed by atoms with E-state index in [1.165, 1.54) is 31.3 Å². The van der Waals surface area contributed by atoms with Crippen LogP contribution in [0.15, 0.2) is 11.6 Å². The van der Waals surface area contributed by atoms with Gasteiger partial charge in [-0.05, 0) is 56.5 Å². The van der Waals surface area contributed by atoms with Crippen molar-refractivity contribution in [2.75, 3.05) is 26.2 Å². The molecular weight excluding hydrogens is 262 g/mol. The van der Waals surface area contributed by atoms with Gasteiger partial charge in [0.1, 0.15) is 0 Å². The molecule has 1 saturated heterocycles. The maximum absolute atomic E-state index is 12.0. The Labute approximate surface area is 128 Å². The molecule has 2 fully saturated rings. The predicted molar refractivity (Wildman–Crippen MR) is 83.9 cm³/mol. The number of esters is 1. The molecule has 3 atom stereocenters. The molecule has 2 aliphatic carbocycles. The third-order valence-corrected chi connectivity index (χ3v) is 6.01. The summed E-state index contributed by atoms with van der Waals surface area (Å²) in [7, 11) is 0. The molecule has 0 aromatic rings. The number of hydrogen-bond acceptors (Lipinski definition) is 3. The molecule has 0 unspecified atom stereocenters. The highest BCUT2D eigenvalue weighted by Crippen LogP contribution is 2.64. The SMILES string of the molecule is CC1=C[C@@H]2[C@@H](C[C@H]1COC(=O)CN1CCCCC1)C2(C)C. The number of nitrogens with zero attached hydrogens (tertiary/aromatic N) is 1. The number of carbonyl (C=O) groups is 1. The fraction of sp³-hybridized carbons (Fsp3) is 0.833. The van der Waals surface area contributed by atoms with Crippen LogP contribution in [0, 0.1) is 23.2 Å². The van der Waals surface area contributed by atoms with Crippen molar-refractivity contribution in [1.29, 1.82) is 0 Å². The van der Waals surface area contributed by atoms with Gasteiger partial charge in [-0.1, -0.05) is 31.9 Å². The Morgan fingerprint density at radius 3 is 2.76 bits per heavy atom. The fourth-order valence-corrected chi connectivity index (χ4v) is 4.22. The number of ether oxygens (including phenoxy) is 1. The zero-order chi connectivity index (χ0) is 15.0. The van der Waals surface area contributed by atoms with Crippen LogP contribution in [-0.2, 0) is 9.53 Å². The Kier molecular flexibility index (Phi) is 4.13. The number of carbonyl (C=O) groups excluding carboxylic acids is 1. The Morgan fingerprint density at radius 1 is 1.33 bits per heavy atom. The Bertz CT molecular complexity index is 434. The molecule has 21 heavy (non-hydrogen) atoms. The van der Waals surface area contributed by atoms with Gasteiger partial charge in [-0.3, -0.25) is 9.69 Å². The molecule has 1 heterocycles. The zero-order valence-electron chi connectivity index (χ0n) is 13.7. The first kappa shape index (κ1) is 15.1. The van der Waals surface area contributed by atoms with E-state index in [2.05, 4.69) is 31.7 Å². The van der Waals surface area contributed by atoms with Crippen molar-refractivity contribution in [3.05, 3.63) is 11.6 Å². The number of fused-ring (bicyclic) bond motifs is 1. The molecule has 0 amide bonds. The van der Waals surface area contributed by atoms with Crippen molar-refractivity contribution in [2.45, 2.75) is 46.5 Å². The van der Waals surface area contributed by atoms with Crippen LogP contribution in [0.25, 0.3) is 0 Å². The van der Waals surface area contributed by atoms with Gasteiger partial charge in [0.2, 0.25) is 0 Å². The minimum Gasteiger partial charge on any atom is -0.464 e. The van der Waals surface area contributed by atoms with E-state index in [0.29, 0.717) is 24.5 Å². The predicted octanol–water partition coefficient (Wildman–Crippen LogP) is 3.25. The van der Waals surface area contributed by atoms with Crippen molar-refractivity contribution in [3.8, 4) is 0 Å². The molecule has 0 aromatic carbocycles. The molecule has 3 heteroatoms. The summed E-state index contributed by atoms with van der Waals surface area (Å²) < 4.78 is 5.57. The second-order valence-electron chi connectivity index (χ2n) is 7.82. The average molecular weight is 291 g/mol. The number of likely N-dealkylation sites (tertiary alicyclic amines) is 1. The maximum atomic E-state index is 12.0. The van der Waals surface area contributed by atoms with E-state index in [4.69, 9.17) is 4.74 Å². The Hall–Kier alpha value is -0.830. The van der Waals surface area contributed by atoms with Crippen molar-refractivity contribution in [2.24, 2.45) is 23.2 Å². The second-order valence-corrected chi connectivity index (χ2v) is 7.82. The maximum Gasteiger partial charge on any atom is 0.320 e. The topological polar surface area (TPSA) is 29.5 Å². The molecule has 1 aliphatic heterocycles. The van der Waals surface area contributed by atoms with Crippen LogP contribution in [-0.4, -0.2) is 37.1 Å². The molecule has 118 valence electrons. The lowest BCUT2D eigenvalue weighted by molar-refractivity contribution is -0.146. The van der Waals surface area contributed by atoms with Gasteiger partial charge in [-0.25, -0.2) is 0 Å². The quantitative estimate of drug-likeness (QED) is 0.588. The van der Waals surface area contributed by atoms with E-state index in [1.807, 2.05) is 0 Å². The van der Waals surface area contributed by atoms with Gasteiger partial charge in [-0.15, -0.1) is 0 Å². The molecule has 3 nitrogen and oxygen atoms in total. The summed E-state index contributed by atoms with van der Waals surface area (Å²) in [6.07, 6.45) is 7.36. The van der Waals surface area contributed by atoms with Crippen LogP contribution in [0.5, 0.6) is 0 Å². The van der Waals surface area contributed by atoms with Crippen LogP contribution >= 0.6 is 0 Å². The summed E-state index contributed by atoms with van der Waals surface area (Å²) in [6, 6.07) is 0. The number of allylic oxidation sites excluding steroid dienone is 1. The zero-order valence-corrected chi connectivity index (χ0v) is 13.7. The molecule has 1 saturated carbocycles. The normalized spacial score (nSPS) is 34.8. The van der Waals surface area contributed by atoms with Crippen LogP contribution in [0.2, 0.25) is 0 Å². The van der Waals surface area contributed by atoms with E-state index < -0.39 is 0 Å². The minimum atomic E-state index is -0.0399. The van der Waals surface area contributed by atoms with E-state index in [9.17, 15) is 4.79 Å². The van der Waals surface area contributed by atoms with Gasteiger partial charge < -0.3 is 4.74 Å². The minimum absolute atomic E-state index is 0.0399. The van der Waals surface area contributed by atoms with Crippen molar-refractivity contribution >= 4 is 5.97 Å². The first-order chi connectivity index (χ1) is 9.98. The first-order valence-corrected chi connectivity index (χ1v) is 8.55. The third kappa shape index (κ3) is 3.18. The second kappa shape index (κ2) is 5.75. The highest BCUT2D eigenvalue weighted by molar-refractivity contribution is 5.71. The first-order valence-electron chi connectivity index (χ1n) is 8.55. The van der Waals surface area contributed by atoms with Gasteiger partial charge in [0.05, 0.1) is 13.2 Å². The lowest BCUT2D eigenvalue weighted by Gasteiger charge is -2.26. The summed E-state index contributed by atoms with van der Waals surface area (Å²) in [5, 5.41) is 0. The summed E-state index contributed by atoms with van der Waals surface area (Å²) in [4.78, 5) is 14.2. The Balaban J connectivity index is 1.44. The summed E-state index contributed by atoms with van der Waals surface area (Å²) in [5.41, 5.74) is 1.89. The molecule has 0 spiro atoms. The van der Waals surface area contributed by atoms with Gasteiger partial charge in [0.15, 0.2) is 0 Å². The smallest absolute Gasteiger partial charge is 0.320 e. The Morgan fingerprint density at radius 2 is 2.05 bits per heavy atom. The van der Waals surface area contributed by atoms with Crippen molar-refractivity contribution in [3.63, 3.8) is 0 Å². The number of piperidine rings is 1. The third-order valence-electron chi connectivity index (χ3n) is 6.01. The molecule has 0 bridgehead atoms. The summed E-state index contributed by atoms with van der Waals surface area (Å²) in [6.45, 7) is 10.1. The molecule has 0 aromatic heterocycles. The standard InChI is InChI=1S/C18H29NO2/c1-13-9-15-16(18(15,2)3)10-14(13)12-21-17(20)11-19-7-5-4-6-8-19/h9,14-16H,4-8,10-12H2,1-3H3/t14-,15+,16+/m0/s1. The van der Waals surface area contributed by atoms with Crippen molar-refractivity contribution in [1.82, 2.24) is 4.90 Å². The van der Waals surface area contributed by atoms with Crippen LogP contribution in [0.4, 0.5) is 0 Å². The van der Waals surface area contributed by atoms with Crippen molar-refractivity contribution < 1.29 is 9.53 Å². The summed E-state index contributed by atoms with van der Waals surface area (Å²) >= 11 is 0. The molecule has 3 rings (SSSR count). The highest BCUT2D eigenvalue weighted by atomic mass is 16.5. The summed E-state index contributed by atoms with van der Waals surface area (Å²) in [5.74, 6) is 1.96. The number of rotatable bonds is 4. The molecular formula is C18H29NO2. The van der Waals surface area contributed by atoms with E-state index in [1.54, 1.807) is 0 Å². The average Bonchev–Trinajstić information content (AvgIpc) is 2.98. The lowest BCUT2D eigenvalue weighted by atomic mass is 9.89. The van der Waals surface area contributed by atoms with Crippen LogP contribution in [0.1, 0.15) is 46.5 Å². The van der Waals surface area contributed by atoms with E-state index >= 15 is 0 Å². The monoisotopic (exact) mass is 291 g/mol. The number of hydrogen-bond donors (Lipinski definition) is 0. The fourth-order valence-electron chi connectivity index (χ4n) is 4.22. The lowest BCUT2D eigenvalue weighted by Crippen LogP contribution is -2.35. The van der Waals surface area contributed by atoms with Gasteiger partial charge in [0, 0.05) is 5.92 Å². The largest absolute Gasteiger partial charge is 0.464 e. The van der Waals surface area contributed by atoms with E-state index in [-0.39, 0.29) is 5.97 Å². The van der Waals surface area contributed by atoms with Crippen LogP contribution in [0.3, 0.4) is 0 Å². The van der Waals surface area contributed by atoms with Crippen LogP contribution < -0.4 is 0 Å². The highest BCUT2D eigenvalue weighted by Gasteiger charge is 2.58. The molecule has 0 N–H and O–H groups in total. The van der Waals surface area contributed by atoms with Gasteiger partial charge in [-0.2, -0.15) is 0 Å². The van der Waals surface area contributed by atoms with Gasteiger partial charge in [0.25, 0.3) is 0 Å². The molecule has 3 aliphatic rings. The molecule has 0 radical (unpaired) electrons. The van der Waals surface area contributed by atoms with E-state index in [0.717, 1.165) is 24.9 Å². The van der Waals surface area contributed by atoms with Gasteiger partial charge >= 0.3 is 5.97 Å².